The fourth-order valence-corrected chi connectivity index (χ4v) is 3.12. The summed E-state index contributed by atoms with van der Waals surface area (Å²) in [4.78, 5) is 22.6. The van der Waals surface area contributed by atoms with Crippen molar-refractivity contribution < 1.29 is 14.5 Å². The van der Waals surface area contributed by atoms with Crippen LogP contribution in [0.4, 0.5) is 5.69 Å². The lowest BCUT2D eigenvalue weighted by atomic mass is 10.2. The number of nitrogens with zero attached hydrogens (tertiary/aromatic N) is 1. The number of thioether (sulfide) groups is 1. The molecule has 0 fully saturated rings. The molecule has 0 atom stereocenters. The van der Waals surface area contributed by atoms with E-state index >= 15 is 0 Å². The number of carbonyl (C=O) groups is 1. The van der Waals surface area contributed by atoms with Crippen LogP contribution in [0.15, 0.2) is 53.4 Å². The molecule has 0 unspecified atom stereocenters. The Kier molecular flexibility index (Phi) is 7.31. The molecule has 0 saturated heterocycles. The summed E-state index contributed by atoms with van der Waals surface area (Å²) in [5.41, 5.74) is 0.666. The standard InChI is InChI=1S/C17H13Cl2NO4S/c18-13-4-7-15(19)16(11-13)25-10-9-24-17(21)8-3-12-1-5-14(6-2-12)20(22)23/h1-8,11H,9-10H2/b8-3+. The molecule has 2 aromatic carbocycles. The summed E-state index contributed by atoms with van der Waals surface area (Å²) < 4.78 is 5.09. The maximum atomic E-state index is 11.7. The SMILES string of the molecule is O=C(/C=C/c1ccc([N+](=O)[O-])cc1)OCCSc1cc(Cl)ccc1Cl. The molecule has 2 aromatic rings. The highest BCUT2D eigenvalue weighted by Gasteiger charge is 2.04. The lowest BCUT2D eigenvalue weighted by molar-refractivity contribution is -0.384. The number of hydrogen-bond acceptors (Lipinski definition) is 5. The number of nitro benzene ring substituents is 1. The van der Waals surface area contributed by atoms with Gasteiger partial charge in [-0.2, -0.15) is 0 Å². The molecule has 0 aromatic heterocycles. The Morgan fingerprint density at radius 1 is 1.20 bits per heavy atom. The van der Waals surface area contributed by atoms with Crippen LogP contribution in [0.5, 0.6) is 0 Å². The number of carbonyl (C=O) groups excluding carboxylic acids is 1. The minimum absolute atomic E-state index is 0.00331. The lowest BCUT2D eigenvalue weighted by Crippen LogP contribution is -2.04. The minimum atomic E-state index is -0.490. The van der Waals surface area contributed by atoms with Crippen molar-refractivity contribution in [2.24, 2.45) is 0 Å². The van der Waals surface area contributed by atoms with E-state index in [-0.39, 0.29) is 12.3 Å². The summed E-state index contributed by atoms with van der Waals surface area (Å²) in [5, 5.41) is 11.8. The second-order valence-corrected chi connectivity index (χ2v) is 6.75. The van der Waals surface area contributed by atoms with Gasteiger partial charge in [-0.05, 0) is 42.0 Å². The molecule has 0 radical (unpaired) electrons. The Morgan fingerprint density at radius 2 is 1.92 bits per heavy atom. The van der Waals surface area contributed by atoms with Crippen molar-refractivity contribution in [2.75, 3.05) is 12.4 Å². The normalized spacial score (nSPS) is 10.8. The molecular weight excluding hydrogens is 385 g/mol. The topological polar surface area (TPSA) is 69.4 Å². The zero-order valence-electron chi connectivity index (χ0n) is 12.9. The molecule has 130 valence electrons. The van der Waals surface area contributed by atoms with Gasteiger partial charge in [0.15, 0.2) is 0 Å². The summed E-state index contributed by atoms with van der Waals surface area (Å²) in [6.45, 7) is 0.219. The highest BCUT2D eigenvalue weighted by atomic mass is 35.5. The smallest absolute Gasteiger partial charge is 0.330 e. The van der Waals surface area contributed by atoms with Crippen LogP contribution >= 0.6 is 35.0 Å². The van der Waals surface area contributed by atoms with Gasteiger partial charge in [-0.1, -0.05) is 23.2 Å². The summed E-state index contributed by atoms with van der Waals surface area (Å²) >= 11 is 13.4. The molecule has 0 amide bonds. The van der Waals surface area contributed by atoms with E-state index in [0.717, 1.165) is 4.90 Å². The van der Waals surface area contributed by atoms with E-state index in [1.165, 1.54) is 36.0 Å². The van der Waals surface area contributed by atoms with Gasteiger partial charge < -0.3 is 4.74 Å². The third-order valence-corrected chi connectivity index (χ3v) is 4.69. The number of non-ortho nitro benzene ring substituents is 1. The second kappa shape index (κ2) is 9.46. The van der Waals surface area contributed by atoms with Gasteiger partial charge in [-0.25, -0.2) is 4.79 Å². The summed E-state index contributed by atoms with van der Waals surface area (Å²) in [6, 6.07) is 11.0. The first-order valence-corrected chi connectivity index (χ1v) is 8.87. The number of nitro groups is 1. The first kappa shape index (κ1) is 19.3. The monoisotopic (exact) mass is 397 g/mol. The van der Waals surface area contributed by atoms with Gasteiger partial charge in [0, 0.05) is 33.9 Å². The van der Waals surface area contributed by atoms with E-state index in [2.05, 4.69) is 0 Å². The van der Waals surface area contributed by atoms with Crippen LogP contribution in [-0.4, -0.2) is 23.3 Å². The van der Waals surface area contributed by atoms with Gasteiger partial charge in [0.2, 0.25) is 0 Å². The zero-order valence-corrected chi connectivity index (χ0v) is 15.2. The van der Waals surface area contributed by atoms with Crippen LogP contribution in [0.1, 0.15) is 5.56 Å². The van der Waals surface area contributed by atoms with E-state index in [9.17, 15) is 14.9 Å². The Bertz CT molecular complexity index is 794. The molecule has 0 saturated carbocycles. The Labute approximate surface area is 158 Å². The molecule has 0 aliphatic heterocycles. The van der Waals surface area contributed by atoms with Gasteiger partial charge in [-0.15, -0.1) is 11.8 Å². The molecule has 2 rings (SSSR count). The summed E-state index contributed by atoms with van der Waals surface area (Å²) in [7, 11) is 0. The fourth-order valence-electron chi connectivity index (χ4n) is 1.80. The van der Waals surface area contributed by atoms with Crippen molar-refractivity contribution in [3.8, 4) is 0 Å². The van der Waals surface area contributed by atoms with E-state index in [4.69, 9.17) is 27.9 Å². The number of hydrogen-bond donors (Lipinski definition) is 0. The molecule has 0 heterocycles. The van der Waals surface area contributed by atoms with Crippen molar-refractivity contribution in [3.05, 3.63) is 74.3 Å². The average Bonchev–Trinajstić information content (AvgIpc) is 2.60. The first-order valence-electron chi connectivity index (χ1n) is 7.13. The maximum absolute atomic E-state index is 11.7. The molecule has 5 nitrogen and oxygen atoms in total. The van der Waals surface area contributed by atoms with E-state index in [0.29, 0.717) is 21.4 Å². The van der Waals surface area contributed by atoms with Crippen molar-refractivity contribution in [2.45, 2.75) is 4.90 Å². The molecule has 0 spiro atoms. The molecule has 0 aliphatic rings. The van der Waals surface area contributed by atoms with Crippen molar-refractivity contribution in [3.63, 3.8) is 0 Å². The number of rotatable bonds is 7. The molecule has 8 heteroatoms. The van der Waals surface area contributed by atoms with Crippen molar-refractivity contribution >= 4 is 52.7 Å². The quantitative estimate of drug-likeness (QED) is 0.159. The number of esters is 1. The van der Waals surface area contributed by atoms with Gasteiger partial charge in [0.05, 0.1) is 9.95 Å². The van der Waals surface area contributed by atoms with Crippen LogP contribution in [-0.2, 0) is 9.53 Å². The summed E-state index contributed by atoms with van der Waals surface area (Å²) in [5.74, 6) is 0.0492. The van der Waals surface area contributed by atoms with Gasteiger partial charge >= 0.3 is 5.97 Å². The van der Waals surface area contributed by atoms with Crippen molar-refractivity contribution in [1.29, 1.82) is 0 Å². The largest absolute Gasteiger partial charge is 0.462 e. The second-order valence-electron chi connectivity index (χ2n) is 4.77. The number of ether oxygens (including phenoxy) is 1. The minimum Gasteiger partial charge on any atom is -0.462 e. The van der Waals surface area contributed by atoms with Crippen LogP contribution in [0.25, 0.3) is 6.08 Å². The Hall–Kier alpha value is -2.02. The third-order valence-electron chi connectivity index (χ3n) is 2.99. The molecular formula is C17H13Cl2NO4S. The lowest BCUT2D eigenvalue weighted by Gasteiger charge is -2.05. The molecule has 0 aliphatic carbocycles. The molecule has 25 heavy (non-hydrogen) atoms. The Balaban J connectivity index is 1.76. The first-order chi connectivity index (χ1) is 12.0. The van der Waals surface area contributed by atoms with E-state index in [1.54, 1.807) is 30.3 Å². The Morgan fingerprint density at radius 3 is 2.60 bits per heavy atom. The predicted octanol–water partition coefficient (Wildman–Crippen LogP) is 5.25. The van der Waals surface area contributed by atoms with Gasteiger partial charge in [-0.3, -0.25) is 10.1 Å². The van der Waals surface area contributed by atoms with Gasteiger partial charge in [0.1, 0.15) is 6.61 Å². The maximum Gasteiger partial charge on any atom is 0.330 e. The zero-order chi connectivity index (χ0) is 18.2. The van der Waals surface area contributed by atoms with Crippen LogP contribution < -0.4 is 0 Å². The average molecular weight is 398 g/mol. The third kappa shape index (κ3) is 6.42. The van der Waals surface area contributed by atoms with Crippen LogP contribution in [0.3, 0.4) is 0 Å². The molecule has 0 N–H and O–H groups in total. The highest BCUT2D eigenvalue weighted by Crippen LogP contribution is 2.29. The van der Waals surface area contributed by atoms with Crippen molar-refractivity contribution in [1.82, 2.24) is 0 Å². The van der Waals surface area contributed by atoms with E-state index in [1.807, 2.05) is 0 Å². The predicted molar refractivity (Wildman–Crippen MR) is 100 cm³/mol. The van der Waals surface area contributed by atoms with Gasteiger partial charge in [0.25, 0.3) is 5.69 Å². The fraction of sp³-hybridized carbons (Fsp3) is 0.118. The van der Waals surface area contributed by atoms with Crippen LogP contribution in [0.2, 0.25) is 10.0 Å². The summed E-state index contributed by atoms with van der Waals surface area (Å²) in [6.07, 6.45) is 2.81. The number of benzene rings is 2. The van der Waals surface area contributed by atoms with Crippen LogP contribution in [0, 0.1) is 10.1 Å². The number of halogens is 2. The van der Waals surface area contributed by atoms with E-state index < -0.39 is 10.9 Å². The highest BCUT2D eigenvalue weighted by molar-refractivity contribution is 7.99. The molecule has 0 bridgehead atoms.